The van der Waals surface area contributed by atoms with Crippen LogP contribution in [0.5, 0.6) is 0 Å². The molecule has 1 heterocycles. The summed E-state index contributed by atoms with van der Waals surface area (Å²) in [6.07, 6.45) is 4.11. The summed E-state index contributed by atoms with van der Waals surface area (Å²) in [7, 11) is 0. The maximum Gasteiger partial charge on any atom is 0.248 e. The molecule has 1 aliphatic carbocycles. The quantitative estimate of drug-likeness (QED) is 0.549. The Morgan fingerprint density at radius 1 is 1.00 bits per heavy atom. The summed E-state index contributed by atoms with van der Waals surface area (Å²) in [5, 5.41) is 5.01. The van der Waals surface area contributed by atoms with E-state index in [1.165, 1.54) is 22.3 Å². The highest BCUT2D eigenvalue weighted by molar-refractivity contribution is 7.10. The summed E-state index contributed by atoms with van der Waals surface area (Å²) >= 11 is 1.47. The summed E-state index contributed by atoms with van der Waals surface area (Å²) < 4.78 is 14.9. The number of anilines is 1. The lowest BCUT2D eigenvalue weighted by atomic mass is 10.0. The molecule has 6 heteroatoms. The number of carbonyl (C=O) groups excluding carboxylic acids is 2. The second kappa shape index (κ2) is 9.88. The molecule has 4 rings (SSSR count). The fourth-order valence-electron chi connectivity index (χ4n) is 4.12. The van der Waals surface area contributed by atoms with Crippen molar-refractivity contribution in [1.82, 2.24) is 5.32 Å². The number of nitrogens with one attached hydrogen (secondary N) is 1. The first-order valence-corrected chi connectivity index (χ1v) is 11.5. The number of thiophene rings is 1. The minimum absolute atomic E-state index is 0.0913. The van der Waals surface area contributed by atoms with Crippen molar-refractivity contribution in [1.29, 1.82) is 0 Å². The molecule has 31 heavy (non-hydrogen) atoms. The molecule has 0 aliphatic heterocycles. The Labute approximate surface area is 185 Å². The molecule has 4 nitrogen and oxygen atoms in total. The molecule has 1 unspecified atom stereocenters. The second-order valence-corrected chi connectivity index (χ2v) is 8.81. The summed E-state index contributed by atoms with van der Waals surface area (Å²) in [6, 6.07) is 18.2. The number of carbonyl (C=O) groups is 2. The van der Waals surface area contributed by atoms with Crippen LogP contribution in [0.15, 0.2) is 72.1 Å². The zero-order chi connectivity index (χ0) is 21.6. The lowest BCUT2D eigenvalue weighted by Crippen LogP contribution is -2.47. The normalized spacial score (nSPS) is 14.9. The van der Waals surface area contributed by atoms with E-state index < -0.39 is 11.9 Å². The maximum atomic E-state index is 14.9. The minimum Gasteiger partial charge on any atom is -0.351 e. The number of amides is 2. The van der Waals surface area contributed by atoms with Gasteiger partial charge in [-0.15, -0.1) is 11.3 Å². The van der Waals surface area contributed by atoms with Gasteiger partial charge in [-0.25, -0.2) is 4.39 Å². The van der Waals surface area contributed by atoms with Gasteiger partial charge in [0.05, 0.1) is 12.1 Å². The highest BCUT2D eigenvalue weighted by Crippen LogP contribution is 2.32. The standard InChI is InChI=1S/C25H25FN2O2S/c26-21-14-6-7-15-22(21)28(23(29)17-20-13-8-16-31-20)24(18-9-2-1-3-10-18)25(30)27-19-11-4-5-12-19/h1-3,6-10,13-16,19,24H,4-5,11-12,17H2,(H,27,30). The summed E-state index contributed by atoms with van der Waals surface area (Å²) in [4.78, 5) is 29.2. The number of halogens is 1. The van der Waals surface area contributed by atoms with Crippen LogP contribution < -0.4 is 10.2 Å². The Bertz CT molecular complexity index is 1020. The van der Waals surface area contributed by atoms with Crippen LogP contribution >= 0.6 is 11.3 Å². The van der Waals surface area contributed by atoms with E-state index >= 15 is 0 Å². The highest BCUT2D eigenvalue weighted by Gasteiger charge is 2.35. The van der Waals surface area contributed by atoms with Gasteiger partial charge >= 0.3 is 0 Å². The van der Waals surface area contributed by atoms with Gasteiger partial charge in [-0.1, -0.05) is 61.4 Å². The molecule has 160 valence electrons. The Morgan fingerprint density at radius 3 is 2.39 bits per heavy atom. The van der Waals surface area contributed by atoms with E-state index in [0.29, 0.717) is 5.56 Å². The predicted octanol–water partition coefficient (Wildman–Crippen LogP) is 5.26. The van der Waals surface area contributed by atoms with Crippen molar-refractivity contribution < 1.29 is 14.0 Å². The molecule has 0 saturated heterocycles. The number of rotatable bonds is 7. The van der Waals surface area contributed by atoms with Gasteiger partial charge in [-0.2, -0.15) is 0 Å². The molecule has 2 aromatic carbocycles. The molecule has 3 aromatic rings. The van der Waals surface area contributed by atoms with Gasteiger partial charge in [-0.05, 0) is 42.0 Å². The van der Waals surface area contributed by atoms with E-state index in [0.717, 1.165) is 30.6 Å². The number of hydrogen-bond acceptors (Lipinski definition) is 3. The Hall–Kier alpha value is -2.99. The van der Waals surface area contributed by atoms with Crippen LogP contribution in [0.2, 0.25) is 0 Å². The van der Waals surface area contributed by atoms with Crippen molar-refractivity contribution in [2.45, 2.75) is 44.2 Å². The molecule has 0 spiro atoms. The average Bonchev–Trinajstić information content (AvgIpc) is 3.47. The third kappa shape index (κ3) is 5.02. The first-order valence-electron chi connectivity index (χ1n) is 10.6. The largest absolute Gasteiger partial charge is 0.351 e. The summed E-state index contributed by atoms with van der Waals surface area (Å²) in [5.41, 5.74) is 0.764. The SMILES string of the molecule is O=C(NC1CCCC1)C(c1ccccc1)N(C(=O)Cc1cccs1)c1ccccc1F. The van der Waals surface area contributed by atoms with E-state index in [9.17, 15) is 14.0 Å². The van der Waals surface area contributed by atoms with Crippen molar-refractivity contribution in [2.75, 3.05) is 4.90 Å². The molecule has 1 atom stereocenters. The van der Waals surface area contributed by atoms with E-state index in [2.05, 4.69) is 5.32 Å². The van der Waals surface area contributed by atoms with Crippen LogP contribution in [0, 0.1) is 5.82 Å². The maximum absolute atomic E-state index is 14.9. The van der Waals surface area contributed by atoms with Crippen LogP contribution in [0.3, 0.4) is 0 Å². The first-order chi connectivity index (χ1) is 15.1. The molecule has 1 N–H and O–H groups in total. The van der Waals surface area contributed by atoms with Crippen molar-refractivity contribution in [3.05, 3.63) is 88.4 Å². The third-order valence-corrected chi connectivity index (χ3v) is 6.49. The topological polar surface area (TPSA) is 49.4 Å². The van der Waals surface area contributed by atoms with Gasteiger partial charge in [0.15, 0.2) is 0 Å². The summed E-state index contributed by atoms with van der Waals surface area (Å²) in [5.74, 6) is -1.12. The molecule has 1 saturated carbocycles. The molecular weight excluding hydrogens is 411 g/mol. The third-order valence-electron chi connectivity index (χ3n) is 5.61. The van der Waals surface area contributed by atoms with Gasteiger partial charge in [0, 0.05) is 10.9 Å². The van der Waals surface area contributed by atoms with E-state index in [-0.39, 0.29) is 30.0 Å². The highest BCUT2D eigenvalue weighted by atomic mass is 32.1. The van der Waals surface area contributed by atoms with Crippen LogP contribution in [0.1, 0.15) is 42.2 Å². The Morgan fingerprint density at radius 2 is 1.71 bits per heavy atom. The average molecular weight is 437 g/mol. The molecule has 1 aliphatic rings. The molecular formula is C25H25FN2O2S. The van der Waals surface area contributed by atoms with Crippen LogP contribution in [0.25, 0.3) is 0 Å². The second-order valence-electron chi connectivity index (χ2n) is 7.77. The smallest absolute Gasteiger partial charge is 0.248 e. The van der Waals surface area contributed by atoms with Crippen molar-refractivity contribution in [3.63, 3.8) is 0 Å². The number of para-hydroxylation sites is 1. The van der Waals surface area contributed by atoms with E-state index in [1.54, 1.807) is 18.2 Å². The van der Waals surface area contributed by atoms with E-state index in [1.807, 2.05) is 47.8 Å². The zero-order valence-electron chi connectivity index (χ0n) is 17.2. The fraction of sp³-hybridized carbons (Fsp3) is 0.280. The van der Waals surface area contributed by atoms with Crippen LogP contribution in [-0.4, -0.2) is 17.9 Å². The molecule has 0 bridgehead atoms. The molecule has 1 aromatic heterocycles. The Kier molecular flexibility index (Phi) is 6.77. The minimum atomic E-state index is -0.953. The Balaban J connectivity index is 1.75. The molecule has 0 radical (unpaired) electrons. The van der Waals surface area contributed by atoms with Crippen molar-refractivity contribution in [3.8, 4) is 0 Å². The predicted molar refractivity (Wildman–Crippen MR) is 121 cm³/mol. The van der Waals surface area contributed by atoms with Gasteiger partial charge in [0.2, 0.25) is 11.8 Å². The lowest BCUT2D eigenvalue weighted by molar-refractivity contribution is -0.127. The van der Waals surface area contributed by atoms with Crippen LogP contribution in [0.4, 0.5) is 10.1 Å². The van der Waals surface area contributed by atoms with Gasteiger partial charge in [-0.3, -0.25) is 14.5 Å². The molecule has 1 fully saturated rings. The number of benzene rings is 2. The van der Waals surface area contributed by atoms with Gasteiger partial charge < -0.3 is 5.32 Å². The summed E-state index contributed by atoms with van der Waals surface area (Å²) in [6.45, 7) is 0. The number of hydrogen-bond donors (Lipinski definition) is 1. The first kappa shape index (κ1) is 21.2. The fourth-order valence-corrected chi connectivity index (χ4v) is 4.81. The van der Waals surface area contributed by atoms with Crippen molar-refractivity contribution >= 4 is 28.8 Å². The van der Waals surface area contributed by atoms with Crippen molar-refractivity contribution in [2.24, 2.45) is 0 Å². The van der Waals surface area contributed by atoms with Gasteiger partial charge in [0.25, 0.3) is 0 Å². The lowest BCUT2D eigenvalue weighted by Gasteiger charge is -2.32. The van der Waals surface area contributed by atoms with Gasteiger partial charge in [0.1, 0.15) is 11.9 Å². The zero-order valence-corrected chi connectivity index (χ0v) is 18.0. The number of nitrogens with zero attached hydrogens (tertiary/aromatic N) is 1. The monoisotopic (exact) mass is 436 g/mol. The van der Waals surface area contributed by atoms with E-state index in [4.69, 9.17) is 0 Å². The molecule has 2 amide bonds. The van der Waals surface area contributed by atoms with Crippen LogP contribution in [-0.2, 0) is 16.0 Å².